The van der Waals surface area contributed by atoms with Crippen molar-refractivity contribution in [2.24, 2.45) is 5.92 Å². The summed E-state index contributed by atoms with van der Waals surface area (Å²) in [4.78, 5) is 12.5. The molecule has 1 atom stereocenters. The van der Waals surface area contributed by atoms with Crippen molar-refractivity contribution >= 4 is 27.1 Å². The molecule has 6 nitrogen and oxygen atoms in total. The van der Waals surface area contributed by atoms with Crippen molar-refractivity contribution in [1.29, 1.82) is 0 Å². The summed E-state index contributed by atoms with van der Waals surface area (Å²) in [5.74, 6) is -2.26. The van der Waals surface area contributed by atoms with Crippen LogP contribution < -0.4 is 0 Å². The summed E-state index contributed by atoms with van der Waals surface area (Å²) >= 11 is 1.76. The predicted octanol–water partition coefficient (Wildman–Crippen LogP) is 2.72. The molecule has 160 valence electrons. The van der Waals surface area contributed by atoms with Crippen LogP contribution in [0.25, 0.3) is 0 Å². The Bertz CT molecular complexity index is 785. The number of halogens is 3. The molecular formula is C17H24F3NO5S2. The lowest BCUT2D eigenvalue weighted by Gasteiger charge is -2.50. The summed E-state index contributed by atoms with van der Waals surface area (Å²) in [6.45, 7) is 7.54. The minimum atomic E-state index is -5.08. The number of thiophene rings is 1. The maximum atomic E-state index is 12.5. The van der Waals surface area contributed by atoms with Crippen LogP contribution in [0.4, 0.5) is 13.2 Å². The van der Waals surface area contributed by atoms with Gasteiger partial charge in [0.15, 0.2) is 9.84 Å². The Morgan fingerprint density at radius 3 is 2.50 bits per heavy atom. The van der Waals surface area contributed by atoms with Crippen LogP contribution in [0.3, 0.4) is 0 Å². The van der Waals surface area contributed by atoms with E-state index in [-0.39, 0.29) is 5.92 Å². The zero-order valence-electron chi connectivity index (χ0n) is 15.7. The first kappa shape index (κ1) is 23.1. The number of alkyl halides is 3. The summed E-state index contributed by atoms with van der Waals surface area (Å²) < 4.78 is 61.7. The summed E-state index contributed by atoms with van der Waals surface area (Å²) in [5, 5.41) is 9.23. The van der Waals surface area contributed by atoms with Gasteiger partial charge in [-0.15, -0.1) is 11.3 Å². The predicted molar refractivity (Wildman–Crippen MR) is 99.1 cm³/mol. The van der Waals surface area contributed by atoms with Gasteiger partial charge in [0.05, 0.1) is 12.4 Å². The van der Waals surface area contributed by atoms with E-state index in [1.807, 2.05) is 6.92 Å². The molecule has 2 aliphatic heterocycles. The molecule has 1 unspecified atom stereocenters. The molecule has 0 radical (unpaired) electrons. The highest BCUT2D eigenvalue weighted by molar-refractivity contribution is 7.93. The van der Waals surface area contributed by atoms with Gasteiger partial charge in [0.2, 0.25) is 0 Å². The molecule has 3 rings (SSSR count). The van der Waals surface area contributed by atoms with E-state index in [0.29, 0.717) is 32.1 Å². The molecule has 0 aromatic carbocycles. The van der Waals surface area contributed by atoms with E-state index in [2.05, 4.69) is 23.3 Å². The van der Waals surface area contributed by atoms with Gasteiger partial charge in [0.25, 0.3) is 0 Å². The topological polar surface area (TPSA) is 83.9 Å². The number of ether oxygens (including phenoxy) is 1. The maximum Gasteiger partial charge on any atom is 0.490 e. The van der Waals surface area contributed by atoms with Crippen LogP contribution in [0.2, 0.25) is 0 Å². The van der Waals surface area contributed by atoms with E-state index in [9.17, 15) is 21.6 Å². The van der Waals surface area contributed by atoms with Crippen LogP contribution in [0, 0.1) is 12.8 Å². The number of aryl methyl sites for hydroxylation is 1. The quantitative estimate of drug-likeness (QED) is 0.754. The number of aliphatic carboxylic acids is 1. The summed E-state index contributed by atoms with van der Waals surface area (Å²) in [5.41, 5.74) is 1.31. The van der Waals surface area contributed by atoms with Crippen LogP contribution in [0.1, 0.15) is 23.8 Å². The van der Waals surface area contributed by atoms with E-state index >= 15 is 0 Å². The Kier molecular flexibility index (Phi) is 7.17. The van der Waals surface area contributed by atoms with Crippen LogP contribution in [0.5, 0.6) is 0 Å². The van der Waals surface area contributed by atoms with Crippen molar-refractivity contribution in [2.45, 2.75) is 37.7 Å². The molecule has 0 saturated carbocycles. The lowest BCUT2D eigenvalue weighted by atomic mass is 9.83. The lowest BCUT2D eigenvalue weighted by Crippen LogP contribution is -2.67. The second kappa shape index (κ2) is 8.68. The number of carboxylic acids is 1. The van der Waals surface area contributed by atoms with Crippen molar-refractivity contribution in [3.05, 3.63) is 21.9 Å². The molecule has 0 amide bonds. The standard InChI is InChI=1S/C15H23NO3S2.C2HF3O2/c1-3-19-9-13-5-7-21(17,18)15(13)10-16(11-15)8-14-12(2)4-6-20-14;3-2(4,5)1(6)7/h4,6,13H,3,5,7-11H2,1-2H3;(H,6,7). The Morgan fingerprint density at radius 2 is 2.04 bits per heavy atom. The Morgan fingerprint density at radius 1 is 1.43 bits per heavy atom. The minimum absolute atomic E-state index is 0.170. The molecular weight excluding hydrogens is 419 g/mol. The van der Waals surface area contributed by atoms with Gasteiger partial charge in [-0.05, 0) is 37.3 Å². The molecule has 3 heterocycles. The number of sulfone groups is 1. The fourth-order valence-electron chi connectivity index (χ4n) is 3.56. The highest BCUT2D eigenvalue weighted by Gasteiger charge is 2.61. The number of carbonyl (C=O) groups is 1. The molecule has 1 spiro atoms. The second-order valence-corrected chi connectivity index (χ2v) is 10.5. The van der Waals surface area contributed by atoms with Crippen molar-refractivity contribution < 1.29 is 36.2 Å². The molecule has 2 aliphatic rings. The molecule has 1 aromatic heterocycles. The summed E-state index contributed by atoms with van der Waals surface area (Å²) in [6.07, 6.45) is -4.33. The van der Waals surface area contributed by atoms with Gasteiger partial charge in [-0.25, -0.2) is 13.2 Å². The van der Waals surface area contributed by atoms with Crippen LogP contribution >= 0.6 is 11.3 Å². The Hall–Kier alpha value is -1.17. The Labute approximate surface area is 166 Å². The highest BCUT2D eigenvalue weighted by atomic mass is 32.2. The average Bonchev–Trinajstić information content (AvgIpc) is 3.06. The smallest absolute Gasteiger partial charge is 0.475 e. The van der Waals surface area contributed by atoms with E-state index in [1.54, 1.807) is 11.3 Å². The molecule has 2 fully saturated rings. The molecule has 1 aromatic rings. The summed E-state index contributed by atoms with van der Waals surface area (Å²) in [6, 6.07) is 2.12. The fraction of sp³-hybridized carbons (Fsp3) is 0.706. The SMILES string of the molecule is CCOCC1CCS(=O)(=O)C12CN(Cc1sccc1C)C2.O=C(O)C(F)(F)F. The number of hydrogen-bond acceptors (Lipinski definition) is 6. The number of rotatable bonds is 5. The first-order valence-corrected chi connectivity index (χ1v) is 11.3. The number of likely N-dealkylation sites (tertiary alicyclic amines) is 1. The molecule has 28 heavy (non-hydrogen) atoms. The normalized spacial score (nSPS) is 23.1. The highest BCUT2D eigenvalue weighted by Crippen LogP contribution is 2.45. The van der Waals surface area contributed by atoms with Gasteiger partial charge in [0, 0.05) is 37.0 Å². The number of carboxylic acid groups (broad SMARTS) is 1. The molecule has 1 N–H and O–H groups in total. The van der Waals surface area contributed by atoms with Crippen molar-refractivity contribution in [1.82, 2.24) is 4.90 Å². The third-order valence-corrected chi connectivity index (χ3v) is 8.79. The van der Waals surface area contributed by atoms with E-state index in [4.69, 9.17) is 14.6 Å². The third-order valence-electron chi connectivity index (χ3n) is 5.18. The van der Waals surface area contributed by atoms with E-state index in [0.717, 1.165) is 13.0 Å². The fourth-order valence-corrected chi connectivity index (χ4v) is 6.96. The van der Waals surface area contributed by atoms with Crippen molar-refractivity contribution in [2.75, 3.05) is 32.1 Å². The minimum Gasteiger partial charge on any atom is -0.475 e. The van der Waals surface area contributed by atoms with Gasteiger partial charge in [0.1, 0.15) is 4.75 Å². The van der Waals surface area contributed by atoms with Crippen molar-refractivity contribution in [3.8, 4) is 0 Å². The average molecular weight is 444 g/mol. The van der Waals surface area contributed by atoms with Gasteiger partial charge in [-0.2, -0.15) is 13.2 Å². The first-order valence-electron chi connectivity index (χ1n) is 8.78. The first-order chi connectivity index (χ1) is 12.9. The lowest BCUT2D eigenvalue weighted by molar-refractivity contribution is -0.192. The molecule has 0 bridgehead atoms. The largest absolute Gasteiger partial charge is 0.490 e. The van der Waals surface area contributed by atoms with Gasteiger partial charge >= 0.3 is 12.1 Å². The number of hydrogen-bond donors (Lipinski definition) is 1. The maximum absolute atomic E-state index is 12.5. The zero-order chi connectivity index (χ0) is 21.2. The number of nitrogens with zero attached hydrogens (tertiary/aromatic N) is 1. The monoisotopic (exact) mass is 443 g/mol. The zero-order valence-corrected chi connectivity index (χ0v) is 17.3. The third kappa shape index (κ3) is 4.87. The van der Waals surface area contributed by atoms with E-state index in [1.165, 1.54) is 10.4 Å². The van der Waals surface area contributed by atoms with Gasteiger partial charge in [-0.1, -0.05) is 0 Å². The second-order valence-electron chi connectivity index (χ2n) is 7.00. The van der Waals surface area contributed by atoms with Gasteiger partial charge in [-0.3, -0.25) is 4.90 Å². The van der Waals surface area contributed by atoms with Crippen LogP contribution in [-0.2, 0) is 25.9 Å². The van der Waals surface area contributed by atoms with Crippen molar-refractivity contribution in [3.63, 3.8) is 0 Å². The van der Waals surface area contributed by atoms with Gasteiger partial charge < -0.3 is 9.84 Å². The molecule has 2 saturated heterocycles. The molecule has 11 heteroatoms. The van der Waals surface area contributed by atoms with E-state index < -0.39 is 26.7 Å². The van der Waals surface area contributed by atoms with Crippen LogP contribution in [0.15, 0.2) is 11.4 Å². The van der Waals surface area contributed by atoms with Crippen LogP contribution in [-0.4, -0.2) is 67.4 Å². The molecule has 0 aliphatic carbocycles. The Balaban J connectivity index is 0.000000345. The summed E-state index contributed by atoms with van der Waals surface area (Å²) in [7, 11) is -2.97.